The molecule has 5 heteroatoms. The summed E-state index contributed by atoms with van der Waals surface area (Å²) in [4.78, 5) is 14.9. The smallest absolute Gasteiger partial charge is 0.164 e. The van der Waals surface area contributed by atoms with Gasteiger partial charge in [0.05, 0.1) is 16.6 Å². The molecule has 0 saturated heterocycles. The van der Waals surface area contributed by atoms with E-state index in [4.69, 9.17) is 19.4 Å². The maximum Gasteiger partial charge on any atom is 0.164 e. The molecular formula is C45H26N4O. The van der Waals surface area contributed by atoms with Crippen LogP contribution in [0.5, 0.6) is 0 Å². The zero-order valence-corrected chi connectivity index (χ0v) is 26.7. The lowest BCUT2D eigenvalue weighted by atomic mass is 9.97. The Kier molecular flexibility index (Phi) is 5.60. The molecule has 0 N–H and O–H groups in total. The molecule has 0 unspecified atom stereocenters. The Bertz CT molecular complexity index is 3030. The lowest BCUT2D eigenvalue weighted by Crippen LogP contribution is -2.00. The number of benzene rings is 7. The van der Waals surface area contributed by atoms with Crippen molar-refractivity contribution < 1.29 is 4.42 Å². The lowest BCUT2D eigenvalue weighted by molar-refractivity contribution is 0.669. The molecule has 0 saturated carbocycles. The normalized spacial score (nSPS) is 12.0. The zero-order chi connectivity index (χ0) is 32.8. The van der Waals surface area contributed by atoms with Crippen LogP contribution in [0.15, 0.2) is 162 Å². The van der Waals surface area contributed by atoms with Crippen molar-refractivity contribution >= 4 is 60.0 Å². The minimum absolute atomic E-state index is 0.629. The first kappa shape index (κ1) is 27.1. The van der Waals surface area contributed by atoms with Crippen LogP contribution >= 0.6 is 0 Å². The summed E-state index contributed by atoms with van der Waals surface area (Å²) in [6.45, 7) is 0. The van der Waals surface area contributed by atoms with Gasteiger partial charge in [-0.05, 0) is 35.4 Å². The second kappa shape index (κ2) is 10.3. The highest BCUT2D eigenvalue weighted by molar-refractivity contribution is 6.26. The number of aromatic nitrogens is 4. The number of hydrogen-bond donors (Lipinski definition) is 0. The molecule has 5 nitrogen and oxygen atoms in total. The fourth-order valence-corrected chi connectivity index (χ4v) is 7.75. The van der Waals surface area contributed by atoms with Gasteiger partial charge in [-0.15, -0.1) is 0 Å². The average molecular weight is 639 g/mol. The summed E-state index contributed by atoms with van der Waals surface area (Å²) in [5, 5.41) is 7.22. The van der Waals surface area contributed by atoms with Gasteiger partial charge in [0.15, 0.2) is 17.5 Å². The van der Waals surface area contributed by atoms with Crippen molar-refractivity contribution in [2.75, 3.05) is 0 Å². The van der Waals surface area contributed by atoms with E-state index in [1.165, 1.54) is 32.6 Å². The highest BCUT2D eigenvalue weighted by Crippen LogP contribution is 2.44. The quantitative estimate of drug-likeness (QED) is 0.192. The average Bonchev–Trinajstić information content (AvgIpc) is 3.84. The molecule has 0 amide bonds. The van der Waals surface area contributed by atoms with Crippen molar-refractivity contribution in [2.45, 2.75) is 0 Å². The summed E-state index contributed by atoms with van der Waals surface area (Å²) >= 11 is 0. The molecule has 0 aliphatic heterocycles. The van der Waals surface area contributed by atoms with Crippen LogP contribution in [0.4, 0.5) is 0 Å². The third-order valence-corrected chi connectivity index (χ3v) is 9.97. The molecule has 0 radical (unpaired) electrons. The maximum atomic E-state index is 6.62. The van der Waals surface area contributed by atoms with Crippen LogP contribution in [-0.2, 0) is 0 Å². The second-order valence-electron chi connectivity index (χ2n) is 12.8. The third-order valence-electron chi connectivity index (χ3n) is 9.97. The molecule has 7 aromatic carbocycles. The first-order chi connectivity index (χ1) is 24.8. The standard InChI is InChI=1S/C45H26N4O/c1-3-12-27(13-4-1)43-46-44(28-14-5-2-6-15-28)48-45(47-43)30-17-9-16-29(24-30)31-19-11-23-39-41(31)36-25-35-34-21-10-20-33-32-18-7-8-22-37(32)49(42(33)34)38(35)26-40(36)50-39/h1-26H. The van der Waals surface area contributed by atoms with E-state index >= 15 is 0 Å². The van der Waals surface area contributed by atoms with Gasteiger partial charge in [-0.25, -0.2) is 15.0 Å². The van der Waals surface area contributed by atoms with Crippen molar-refractivity contribution in [1.82, 2.24) is 19.4 Å². The molecule has 4 heterocycles. The number of para-hydroxylation sites is 2. The molecule has 0 fully saturated rings. The van der Waals surface area contributed by atoms with Crippen LogP contribution in [-0.4, -0.2) is 19.4 Å². The van der Waals surface area contributed by atoms with Crippen molar-refractivity contribution in [2.24, 2.45) is 0 Å². The summed E-state index contributed by atoms with van der Waals surface area (Å²) in [5.74, 6) is 1.92. The summed E-state index contributed by atoms with van der Waals surface area (Å²) in [6, 6.07) is 54.8. The van der Waals surface area contributed by atoms with E-state index in [9.17, 15) is 0 Å². The van der Waals surface area contributed by atoms with Crippen molar-refractivity contribution in [3.63, 3.8) is 0 Å². The highest BCUT2D eigenvalue weighted by Gasteiger charge is 2.21. The summed E-state index contributed by atoms with van der Waals surface area (Å²) in [5.41, 5.74) is 10.3. The Morgan fingerprint density at radius 1 is 0.380 bits per heavy atom. The fraction of sp³-hybridized carbons (Fsp3) is 0. The molecule has 232 valence electrons. The monoisotopic (exact) mass is 638 g/mol. The van der Waals surface area contributed by atoms with Crippen LogP contribution in [0.3, 0.4) is 0 Å². The lowest BCUT2D eigenvalue weighted by Gasteiger charge is -2.10. The summed E-state index contributed by atoms with van der Waals surface area (Å²) < 4.78 is 9.02. The van der Waals surface area contributed by atoms with Gasteiger partial charge in [-0.1, -0.05) is 127 Å². The number of rotatable bonds is 4. The first-order valence-electron chi connectivity index (χ1n) is 16.8. The van der Waals surface area contributed by atoms with Crippen LogP contribution in [0, 0.1) is 0 Å². The third kappa shape index (κ3) is 3.92. The molecule has 50 heavy (non-hydrogen) atoms. The number of hydrogen-bond acceptors (Lipinski definition) is 4. The van der Waals surface area contributed by atoms with E-state index in [0.717, 1.165) is 55.3 Å². The highest BCUT2D eigenvalue weighted by atomic mass is 16.3. The second-order valence-corrected chi connectivity index (χ2v) is 12.8. The first-order valence-corrected chi connectivity index (χ1v) is 16.8. The maximum absolute atomic E-state index is 6.62. The van der Waals surface area contributed by atoms with E-state index in [-0.39, 0.29) is 0 Å². The Morgan fingerprint density at radius 2 is 0.960 bits per heavy atom. The minimum Gasteiger partial charge on any atom is -0.456 e. The number of furan rings is 1. The van der Waals surface area contributed by atoms with Crippen molar-refractivity contribution in [3.8, 4) is 45.3 Å². The SMILES string of the molecule is c1ccc(-c2nc(-c3ccccc3)nc(-c3cccc(-c4cccc5oc6cc7c(cc6c45)c4cccc5c6ccccc6n7c54)c3)n2)cc1. The molecule has 0 aliphatic rings. The Labute approximate surface area is 286 Å². The van der Waals surface area contributed by atoms with Crippen molar-refractivity contribution in [3.05, 3.63) is 158 Å². The van der Waals surface area contributed by atoms with Gasteiger partial charge in [0.1, 0.15) is 11.2 Å². The van der Waals surface area contributed by atoms with Crippen molar-refractivity contribution in [1.29, 1.82) is 0 Å². The van der Waals surface area contributed by atoms with E-state index in [0.29, 0.717) is 17.5 Å². The molecule has 0 spiro atoms. The largest absolute Gasteiger partial charge is 0.456 e. The molecule has 0 atom stereocenters. The predicted octanol–water partition coefficient (Wildman–Crippen LogP) is 11.6. The minimum atomic E-state index is 0.629. The van der Waals surface area contributed by atoms with Gasteiger partial charge in [0, 0.05) is 55.1 Å². The molecule has 11 rings (SSSR count). The van der Waals surface area contributed by atoms with E-state index < -0.39 is 0 Å². The molecule has 11 aromatic rings. The summed E-state index contributed by atoms with van der Waals surface area (Å²) in [7, 11) is 0. The van der Waals surface area contributed by atoms with E-state index in [2.05, 4.69) is 101 Å². The Hall–Kier alpha value is -6.85. The zero-order valence-electron chi connectivity index (χ0n) is 26.7. The Balaban J connectivity index is 1.12. The van der Waals surface area contributed by atoms with Gasteiger partial charge < -0.3 is 8.82 Å². The van der Waals surface area contributed by atoms with Gasteiger partial charge in [-0.2, -0.15) is 0 Å². The molecule has 0 aliphatic carbocycles. The predicted molar refractivity (Wildman–Crippen MR) is 204 cm³/mol. The van der Waals surface area contributed by atoms with Gasteiger partial charge in [0.25, 0.3) is 0 Å². The topological polar surface area (TPSA) is 56.2 Å². The summed E-state index contributed by atoms with van der Waals surface area (Å²) in [6.07, 6.45) is 0. The van der Waals surface area contributed by atoms with Gasteiger partial charge >= 0.3 is 0 Å². The number of fused-ring (bicyclic) bond motifs is 9. The van der Waals surface area contributed by atoms with Crippen LogP contribution < -0.4 is 0 Å². The van der Waals surface area contributed by atoms with Crippen LogP contribution in [0.25, 0.3) is 105 Å². The van der Waals surface area contributed by atoms with Crippen LogP contribution in [0.1, 0.15) is 0 Å². The molecular weight excluding hydrogens is 613 g/mol. The van der Waals surface area contributed by atoms with E-state index in [1.54, 1.807) is 0 Å². The van der Waals surface area contributed by atoms with Gasteiger partial charge in [0.2, 0.25) is 0 Å². The molecule has 4 aromatic heterocycles. The number of nitrogens with zero attached hydrogens (tertiary/aromatic N) is 4. The van der Waals surface area contributed by atoms with Crippen LogP contribution in [0.2, 0.25) is 0 Å². The Morgan fingerprint density at radius 3 is 1.72 bits per heavy atom. The van der Waals surface area contributed by atoms with Gasteiger partial charge in [-0.3, -0.25) is 0 Å². The van der Waals surface area contributed by atoms with E-state index in [1.807, 2.05) is 60.7 Å². The molecule has 0 bridgehead atoms. The fourth-order valence-electron chi connectivity index (χ4n) is 7.75.